The minimum absolute atomic E-state index is 0.00248. The Hall–Kier alpha value is -2.88. The van der Waals surface area contributed by atoms with E-state index in [1.54, 1.807) is 36.5 Å². The van der Waals surface area contributed by atoms with Crippen molar-refractivity contribution >= 4 is 45.2 Å². The number of carbonyl (C=O) groups is 1. The molecule has 3 aromatic rings. The Morgan fingerprint density at radius 1 is 1.16 bits per heavy atom. The molecular weight excluding hydrogens is 559 g/mol. The van der Waals surface area contributed by atoms with Crippen LogP contribution in [0.1, 0.15) is 47.7 Å². The molecule has 6 nitrogen and oxygen atoms in total. The quantitative estimate of drug-likeness (QED) is 0.0761. The van der Waals surface area contributed by atoms with E-state index in [9.17, 15) is 9.35 Å². The average Bonchev–Trinajstić information content (AvgIpc) is 2.91. The molecule has 0 heterocycles. The van der Waals surface area contributed by atoms with Gasteiger partial charge in [-0.2, -0.15) is 0 Å². The van der Waals surface area contributed by atoms with Crippen molar-refractivity contribution in [2.75, 3.05) is 17.6 Å². The summed E-state index contributed by atoms with van der Waals surface area (Å²) in [7, 11) is 0. The molecule has 3 aromatic carbocycles. The number of hydrogen-bond donors (Lipinski definition) is 1. The molecule has 196 valence electrons. The molecule has 1 N–H and O–H groups in total. The summed E-state index contributed by atoms with van der Waals surface area (Å²) >= 11 is 2.08. The monoisotopic (exact) mass is 588 g/mol. The van der Waals surface area contributed by atoms with Crippen LogP contribution in [-0.4, -0.2) is 29.0 Å². The van der Waals surface area contributed by atoms with Crippen LogP contribution < -0.4 is 14.8 Å². The van der Waals surface area contributed by atoms with Gasteiger partial charge in [0.2, 0.25) is 0 Å². The van der Waals surface area contributed by atoms with E-state index in [0.29, 0.717) is 30.2 Å². The number of esters is 1. The van der Waals surface area contributed by atoms with Crippen LogP contribution in [0.5, 0.6) is 11.5 Å². The lowest BCUT2D eigenvalue weighted by Gasteiger charge is -2.20. The molecule has 9 heteroatoms. The van der Waals surface area contributed by atoms with Gasteiger partial charge >= 0.3 is 5.97 Å². The minimum atomic E-state index is -1.25. The van der Waals surface area contributed by atoms with Gasteiger partial charge in [0.25, 0.3) is 0 Å². The summed E-state index contributed by atoms with van der Waals surface area (Å²) in [6.07, 6.45) is 3.84. The number of ether oxygens (including phenoxy) is 2. The third-order valence-electron chi connectivity index (χ3n) is 5.39. The summed E-state index contributed by atoms with van der Waals surface area (Å²) in [5, 5.41) is 3.15. The van der Waals surface area contributed by atoms with Crippen molar-refractivity contribution < 1.29 is 23.2 Å². The highest BCUT2D eigenvalue weighted by molar-refractivity contribution is 9.10. The first-order chi connectivity index (χ1) is 17.9. The highest BCUT2D eigenvalue weighted by Crippen LogP contribution is 2.41. The zero-order valence-corrected chi connectivity index (χ0v) is 23.2. The van der Waals surface area contributed by atoms with Crippen LogP contribution in [0.4, 0.5) is 10.1 Å². The normalized spacial score (nSPS) is 11.9. The molecule has 3 rings (SSSR count). The molecule has 37 heavy (non-hydrogen) atoms. The Balaban J connectivity index is 1.89. The maximum absolute atomic E-state index is 15.3. The summed E-state index contributed by atoms with van der Waals surface area (Å²) in [5.74, 6) is -0.275. The number of anilines is 1. The number of rotatable bonds is 13. The van der Waals surface area contributed by atoms with E-state index in [4.69, 9.17) is 9.47 Å². The lowest BCUT2D eigenvalue weighted by atomic mass is 10.0. The Morgan fingerprint density at radius 3 is 2.51 bits per heavy atom. The van der Waals surface area contributed by atoms with Gasteiger partial charge in [-0.25, -0.2) is 9.18 Å². The Kier molecular flexibility index (Phi) is 11.4. The molecule has 0 saturated carbocycles. The van der Waals surface area contributed by atoms with Crippen LogP contribution in [0, 0.1) is 12.7 Å². The molecule has 0 spiro atoms. The molecule has 0 aliphatic carbocycles. The molecule has 0 fully saturated rings. The lowest BCUT2D eigenvalue weighted by Crippen LogP contribution is -2.17. The van der Waals surface area contributed by atoms with Gasteiger partial charge in [-0.05, 0) is 47.0 Å². The molecular formula is C28H30BrFN2O4S. The first kappa shape index (κ1) is 28.7. The van der Waals surface area contributed by atoms with Gasteiger partial charge in [0.05, 0.1) is 27.7 Å². The van der Waals surface area contributed by atoms with Gasteiger partial charge in [0.15, 0.2) is 5.75 Å². The summed E-state index contributed by atoms with van der Waals surface area (Å²) in [4.78, 5) is 13.3. The van der Waals surface area contributed by atoms with Crippen LogP contribution in [0.15, 0.2) is 69.5 Å². The highest BCUT2D eigenvalue weighted by atomic mass is 79.9. The van der Waals surface area contributed by atoms with Crippen molar-refractivity contribution in [3.05, 3.63) is 87.6 Å². The van der Waals surface area contributed by atoms with Crippen LogP contribution in [0.2, 0.25) is 0 Å². The molecule has 0 aromatic heterocycles. The number of unbranched alkanes of at least 4 members (excludes halogenated alkanes) is 1. The fraction of sp³-hybridized carbons (Fsp3) is 0.286. The van der Waals surface area contributed by atoms with Crippen molar-refractivity contribution in [2.24, 2.45) is 4.40 Å². The van der Waals surface area contributed by atoms with E-state index in [2.05, 4.69) is 25.6 Å². The summed E-state index contributed by atoms with van der Waals surface area (Å²) in [6, 6.07) is 18.1. The fourth-order valence-electron chi connectivity index (χ4n) is 3.42. The number of hydrogen-bond acceptors (Lipinski definition) is 6. The van der Waals surface area contributed by atoms with Crippen molar-refractivity contribution in [1.29, 1.82) is 0 Å². The van der Waals surface area contributed by atoms with Crippen molar-refractivity contribution in [1.82, 2.24) is 0 Å². The van der Waals surface area contributed by atoms with Crippen molar-refractivity contribution in [3.8, 4) is 11.5 Å². The second-order valence-corrected chi connectivity index (χ2v) is 10.2. The van der Waals surface area contributed by atoms with Gasteiger partial charge < -0.3 is 19.3 Å². The van der Waals surface area contributed by atoms with E-state index in [1.807, 2.05) is 37.3 Å². The predicted octanol–water partition coefficient (Wildman–Crippen LogP) is 7.03. The van der Waals surface area contributed by atoms with Gasteiger partial charge in [-0.1, -0.05) is 66.3 Å². The van der Waals surface area contributed by atoms with E-state index in [0.717, 1.165) is 18.4 Å². The number of nitrogens with one attached hydrogen (secondary N) is 1. The Morgan fingerprint density at radius 2 is 1.84 bits per heavy atom. The maximum Gasteiger partial charge on any atom is 0.347 e. The van der Waals surface area contributed by atoms with E-state index in [-0.39, 0.29) is 28.0 Å². The van der Waals surface area contributed by atoms with Crippen molar-refractivity contribution in [3.63, 3.8) is 0 Å². The number of nitrogens with zero attached hydrogens (tertiary/aromatic N) is 1. The van der Waals surface area contributed by atoms with Gasteiger partial charge in [0, 0.05) is 18.5 Å². The smallest absolute Gasteiger partial charge is 0.347 e. The Bertz CT molecular complexity index is 1200. The third-order valence-corrected chi connectivity index (χ3v) is 7.16. The SMILES string of the molecule is CCCC[S+]([O-])N=CCCNc1c(Br)c(F)c(C)c(C(=O)Oc2ccccc2)c1OCc1ccccc1. The highest BCUT2D eigenvalue weighted by Gasteiger charge is 2.28. The number of para-hydroxylation sites is 1. The van der Waals surface area contributed by atoms with E-state index < -0.39 is 23.1 Å². The van der Waals surface area contributed by atoms with Crippen molar-refractivity contribution in [2.45, 2.75) is 39.7 Å². The second kappa shape index (κ2) is 14.8. The molecule has 1 unspecified atom stereocenters. The van der Waals surface area contributed by atoms with E-state index in [1.165, 1.54) is 6.92 Å². The maximum atomic E-state index is 15.3. The zero-order valence-electron chi connectivity index (χ0n) is 20.8. The summed E-state index contributed by atoms with van der Waals surface area (Å²) in [5.41, 5.74) is 1.28. The lowest BCUT2D eigenvalue weighted by molar-refractivity contribution is 0.0728. The summed E-state index contributed by atoms with van der Waals surface area (Å²) in [6.45, 7) is 4.06. The second-order valence-electron chi connectivity index (χ2n) is 8.19. The molecule has 0 amide bonds. The number of benzene rings is 3. The van der Waals surface area contributed by atoms with Crippen LogP contribution >= 0.6 is 15.9 Å². The fourth-order valence-corrected chi connectivity index (χ4v) is 4.95. The van der Waals surface area contributed by atoms with Gasteiger partial charge in [0.1, 0.15) is 29.5 Å². The zero-order chi connectivity index (χ0) is 26.6. The van der Waals surface area contributed by atoms with E-state index >= 15 is 4.39 Å². The van der Waals surface area contributed by atoms with Gasteiger partial charge in [-0.15, -0.1) is 0 Å². The van der Waals surface area contributed by atoms with Gasteiger partial charge in [-0.3, -0.25) is 0 Å². The minimum Gasteiger partial charge on any atom is -0.591 e. The predicted molar refractivity (Wildman–Crippen MR) is 151 cm³/mol. The van der Waals surface area contributed by atoms with Crippen LogP contribution in [-0.2, 0) is 18.0 Å². The molecule has 1 atom stereocenters. The third kappa shape index (κ3) is 8.31. The standard InChI is InChI=1S/C28H30BrFN2O4S/c1-3-4-18-37(34)32-17-11-16-31-26-24(29)25(30)20(2)23(28(33)36-22-14-9-6-10-15-22)27(26)35-19-21-12-7-5-8-13-21/h5-10,12-15,17,31H,3-4,11,16,18-19H2,1-2H3. The number of halogens is 2. The first-order valence-electron chi connectivity index (χ1n) is 12.0. The number of carbonyl (C=O) groups excluding carboxylic acids is 1. The summed E-state index contributed by atoms with van der Waals surface area (Å²) < 4.78 is 43.0. The van der Waals surface area contributed by atoms with Crippen LogP contribution in [0.25, 0.3) is 0 Å². The molecule has 0 saturated heterocycles. The molecule has 0 aliphatic heterocycles. The average molecular weight is 590 g/mol. The first-order valence-corrected chi connectivity index (χ1v) is 14.1. The molecule has 0 aliphatic rings. The van der Waals surface area contributed by atoms with Crippen LogP contribution in [0.3, 0.4) is 0 Å². The molecule has 0 bridgehead atoms. The molecule has 0 radical (unpaired) electrons. The topological polar surface area (TPSA) is 83.0 Å². The largest absolute Gasteiger partial charge is 0.591 e. The Labute approximate surface area is 228 Å².